The molecule has 0 saturated carbocycles. The van der Waals surface area contributed by atoms with Crippen molar-refractivity contribution < 1.29 is 13.2 Å². The third-order valence-electron chi connectivity index (χ3n) is 5.40. The number of hydrogen-bond donors (Lipinski definition) is 2. The van der Waals surface area contributed by atoms with Crippen molar-refractivity contribution in [3.63, 3.8) is 0 Å². The Labute approximate surface area is 186 Å². The van der Waals surface area contributed by atoms with Crippen molar-refractivity contribution in [1.29, 1.82) is 0 Å². The Morgan fingerprint density at radius 1 is 1.29 bits per heavy atom. The fourth-order valence-electron chi connectivity index (χ4n) is 4.29. The maximum absolute atomic E-state index is 12.3. The SMILES string of the molecule is CC1CC(C)CN(Cc2csc(NC(=O)CCN=C3NS(=O)(=O)c4ccccc43)n2)C1. The lowest BCUT2D eigenvalue weighted by molar-refractivity contribution is -0.116. The van der Waals surface area contributed by atoms with Crippen LogP contribution in [-0.2, 0) is 21.4 Å². The Hall–Kier alpha value is -2.30. The first-order valence-corrected chi connectivity index (χ1v) is 12.8. The van der Waals surface area contributed by atoms with Gasteiger partial charge in [0.05, 0.1) is 17.1 Å². The number of benzene rings is 1. The Kier molecular flexibility index (Phi) is 6.40. The monoisotopic (exact) mass is 461 g/mol. The van der Waals surface area contributed by atoms with Gasteiger partial charge in [-0.15, -0.1) is 11.3 Å². The van der Waals surface area contributed by atoms with Gasteiger partial charge in [-0.25, -0.2) is 13.4 Å². The van der Waals surface area contributed by atoms with Gasteiger partial charge in [0.25, 0.3) is 10.0 Å². The van der Waals surface area contributed by atoms with E-state index in [1.807, 2.05) is 5.38 Å². The van der Waals surface area contributed by atoms with Gasteiger partial charge in [-0.1, -0.05) is 26.0 Å². The highest BCUT2D eigenvalue weighted by molar-refractivity contribution is 7.90. The quantitative estimate of drug-likeness (QED) is 0.688. The summed E-state index contributed by atoms with van der Waals surface area (Å²) in [4.78, 5) is 23.7. The first-order valence-electron chi connectivity index (χ1n) is 10.4. The van der Waals surface area contributed by atoms with E-state index in [-0.39, 0.29) is 29.6 Å². The lowest BCUT2D eigenvalue weighted by Crippen LogP contribution is -2.38. The second-order valence-corrected chi connectivity index (χ2v) is 10.9. The highest BCUT2D eigenvalue weighted by Gasteiger charge is 2.30. The average Bonchev–Trinajstić information content (AvgIpc) is 3.23. The zero-order valence-electron chi connectivity index (χ0n) is 17.7. The van der Waals surface area contributed by atoms with E-state index in [0.717, 1.165) is 25.3 Å². The van der Waals surface area contributed by atoms with Crippen LogP contribution in [0.5, 0.6) is 0 Å². The molecule has 1 fully saturated rings. The molecule has 1 amide bonds. The van der Waals surface area contributed by atoms with Crippen LogP contribution in [0.2, 0.25) is 0 Å². The van der Waals surface area contributed by atoms with E-state index in [1.165, 1.54) is 23.8 Å². The van der Waals surface area contributed by atoms with Crippen molar-refractivity contribution in [3.05, 3.63) is 40.9 Å². The predicted octanol–water partition coefficient (Wildman–Crippen LogP) is 2.69. The molecule has 0 spiro atoms. The van der Waals surface area contributed by atoms with Gasteiger partial charge in [-0.2, -0.15) is 0 Å². The Morgan fingerprint density at radius 3 is 2.81 bits per heavy atom. The van der Waals surface area contributed by atoms with Gasteiger partial charge in [-0.3, -0.25) is 19.4 Å². The number of carbonyl (C=O) groups excluding carboxylic acids is 1. The number of hydrogen-bond acceptors (Lipinski definition) is 7. The molecule has 31 heavy (non-hydrogen) atoms. The number of fused-ring (bicyclic) bond motifs is 1. The van der Waals surface area contributed by atoms with Crippen LogP contribution in [0.1, 0.15) is 37.9 Å². The van der Waals surface area contributed by atoms with Gasteiger partial charge in [0.15, 0.2) is 5.13 Å². The number of thiazole rings is 1. The fourth-order valence-corrected chi connectivity index (χ4v) is 6.26. The number of nitrogens with one attached hydrogen (secondary N) is 2. The summed E-state index contributed by atoms with van der Waals surface area (Å²) in [6.07, 6.45) is 1.41. The number of amidine groups is 1. The van der Waals surface area contributed by atoms with Crippen molar-refractivity contribution >= 4 is 38.2 Å². The maximum atomic E-state index is 12.3. The summed E-state index contributed by atoms with van der Waals surface area (Å²) in [6, 6.07) is 6.67. The maximum Gasteiger partial charge on any atom is 0.263 e. The Bertz CT molecular complexity index is 1090. The summed E-state index contributed by atoms with van der Waals surface area (Å²) in [5.41, 5.74) is 1.51. The zero-order valence-corrected chi connectivity index (χ0v) is 19.3. The number of amides is 1. The molecule has 166 valence electrons. The zero-order chi connectivity index (χ0) is 22.0. The summed E-state index contributed by atoms with van der Waals surface area (Å²) in [5.74, 6) is 1.48. The molecule has 2 unspecified atom stereocenters. The van der Waals surface area contributed by atoms with Crippen molar-refractivity contribution in [2.24, 2.45) is 16.8 Å². The molecule has 2 N–H and O–H groups in total. The molecule has 1 saturated heterocycles. The van der Waals surface area contributed by atoms with E-state index in [9.17, 15) is 13.2 Å². The van der Waals surface area contributed by atoms with Crippen LogP contribution >= 0.6 is 11.3 Å². The highest BCUT2D eigenvalue weighted by Crippen LogP contribution is 2.24. The number of aromatic nitrogens is 1. The molecule has 0 bridgehead atoms. The molecule has 2 aromatic rings. The molecular weight excluding hydrogens is 434 g/mol. The lowest BCUT2D eigenvalue weighted by Gasteiger charge is -2.34. The Morgan fingerprint density at radius 2 is 2.03 bits per heavy atom. The van der Waals surface area contributed by atoms with Gasteiger partial charge in [0.1, 0.15) is 5.84 Å². The molecule has 3 heterocycles. The number of carbonyl (C=O) groups is 1. The van der Waals surface area contributed by atoms with Crippen LogP contribution in [0, 0.1) is 11.8 Å². The van der Waals surface area contributed by atoms with E-state index in [0.29, 0.717) is 22.5 Å². The van der Waals surface area contributed by atoms with E-state index >= 15 is 0 Å². The first-order chi connectivity index (χ1) is 14.8. The Balaban J connectivity index is 1.29. The molecule has 2 aliphatic rings. The van der Waals surface area contributed by atoms with Gasteiger partial charge >= 0.3 is 0 Å². The number of aliphatic imine (C=N–C) groups is 1. The van der Waals surface area contributed by atoms with Crippen molar-refractivity contribution in [1.82, 2.24) is 14.6 Å². The minimum Gasteiger partial charge on any atom is -0.302 e. The number of piperidine rings is 1. The van der Waals surface area contributed by atoms with Crippen LogP contribution in [0.15, 0.2) is 39.5 Å². The molecule has 4 rings (SSSR count). The summed E-state index contributed by atoms with van der Waals surface area (Å²) in [5, 5.41) is 5.39. The van der Waals surface area contributed by atoms with Crippen LogP contribution < -0.4 is 10.0 Å². The molecule has 2 atom stereocenters. The van der Waals surface area contributed by atoms with Crippen molar-refractivity contribution in [2.75, 3.05) is 25.0 Å². The van der Waals surface area contributed by atoms with Gasteiger partial charge < -0.3 is 5.32 Å². The van der Waals surface area contributed by atoms with Crippen LogP contribution in [0.25, 0.3) is 0 Å². The number of rotatable bonds is 6. The third-order valence-corrected chi connectivity index (χ3v) is 7.60. The van der Waals surface area contributed by atoms with E-state index in [4.69, 9.17) is 0 Å². The van der Waals surface area contributed by atoms with Gasteiger partial charge in [-0.05, 0) is 30.4 Å². The van der Waals surface area contributed by atoms with E-state index < -0.39 is 10.0 Å². The van der Waals surface area contributed by atoms with E-state index in [1.54, 1.807) is 18.2 Å². The lowest BCUT2D eigenvalue weighted by atomic mass is 9.92. The summed E-state index contributed by atoms with van der Waals surface area (Å²) >= 11 is 1.42. The predicted molar refractivity (Wildman–Crippen MR) is 122 cm³/mol. The largest absolute Gasteiger partial charge is 0.302 e. The van der Waals surface area contributed by atoms with Crippen molar-refractivity contribution in [2.45, 2.75) is 38.1 Å². The van der Waals surface area contributed by atoms with Crippen LogP contribution in [-0.4, -0.2) is 49.7 Å². The number of likely N-dealkylation sites (tertiary alicyclic amines) is 1. The minimum atomic E-state index is -3.56. The van der Waals surface area contributed by atoms with Crippen LogP contribution in [0.4, 0.5) is 5.13 Å². The van der Waals surface area contributed by atoms with Crippen molar-refractivity contribution in [3.8, 4) is 0 Å². The summed E-state index contributed by atoms with van der Waals surface area (Å²) < 4.78 is 26.6. The molecule has 1 aromatic heterocycles. The molecule has 10 heteroatoms. The van der Waals surface area contributed by atoms with E-state index in [2.05, 4.69) is 38.8 Å². The van der Waals surface area contributed by atoms with Gasteiger partial charge in [0.2, 0.25) is 5.91 Å². The molecule has 2 aliphatic heterocycles. The molecule has 1 aromatic carbocycles. The molecule has 0 aliphatic carbocycles. The normalized spacial score (nSPS) is 24.0. The summed E-state index contributed by atoms with van der Waals surface area (Å²) in [6.45, 7) is 7.71. The third kappa shape index (κ3) is 5.31. The number of nitrogens with zero attached hydrogens (tertiary/aromatic N) is 3. The first kappa shape index (κ1) is 21.9. The minimum absolute atomic E-state index is 0.142. The van der Waals surface area contributed by atoms with Crippen LogP contribution in [0.3, 0.4) is 0 Å². The molecule has 8 nitrogen and oxygen atoms in total. The molecule has 0 radical (unpaired) electrons. The number of anilines is 1. The number of sulfonamides is 1. The summed E-state index contributed by atoms with van der Waals surface area (Å²) in [7, 11) is -3.56. The topological polar surface area (TPSA) is 104 Å². The average molecular weight is 462 g/mol. The van der Waals surface area contributed by atoms with Gasteiger partial charge in [0, 0.05) is 37.0 Å². The molecular formula is C21H27N5O3S2. The fraction of sp³-hybridized carbons (Fsp3) is 0.476. The highest BCUT2D eigenvalue weighted by atomic mass is 32.2. The smallest absolute Gasteiger partial charge is 0.263 e. The standard InChI is InChI=1S/C21H27N5O3S2/c1-14-9-15(2)11-26(10-14)12-16-13-30-21(23-16)24-19(27)7-8-22-20-17-5-3-4-6-18(17)31(28,29)25-20/h3-6,13-15H,7-12H2,1-2H3,(H,22,25)(H,23,24,27). The second-order valence-electron chi connectivity index (χ2n) is 8.41. The second kappa shape index (κ2) is 9.05.